The fourth-order valence-electron chi connectivity index (χ4n) is 3.11. The lowest BCUT2D eigenvalue weighted by atomic mass is 10.0. The SMILES string of the molecule is Cc1cc2c(cc1C)N(C[C@H](O)[C@H](O)[C@H](O)COP(=O)(O)O)c1[nH]c(=O)[nH]c(=O)c1[N]2. The second-order valence-electron chi connectivity index (χ2n) is 7.16. The number of β-amino-alcohol motifs (C(OH)–C–C–N with tert-alkyl or cyclic N) is 1. The van der Waals surface area contributed by atoms with Crippen LogP contribution in [0.5, 0.6) is 0 Å². The van der Waals surface area contributed by atoms with Gasteiger partial charge in [-0.15, -0.1) is 0 Å². The van der Waals surface area contributed by atoms with Gasteiger partial charge in [0.2, 0.25) is 0 Å². The molecule has 1 aromatic carbocycles. The Labute approximate surface area is 175 Å². The lowest BCUT2D eigenvalue weighted by Gasteiger charge is -2.34. The molecule has 1 aliphatic heterocycles. The molecule has 1 radical (unpaired) electrons. The highest BCUT2D eigenvalue weighted by molar-refractivity contribution is 7.46. The second-order valence-corrected chi connectivity index (χ2v) is 8.40. The summed E-state index contributed by atoms with van der Waals surface area (Å²) in [6.45, 7) is 2.35. The van der Waals surface area contributed by atoms with Crippen molar-refractivity contribution in [2.45, 2.75) is 32.2 Å². The van der Waals surface area contributed by atoms with Crippen LogP contribution in [-0.4, -0.2) is 66.5 Å². The molecule has 31 heavy (non-hydrogen) atoms. The number of hydrogen-bond acceptors (Lipinski definition) is 8. The number of aliphatic hydroxyl groups is 3. The van der Waals surface area contributed by atoms with E-state index in [0.29, 0.717) is 11.4 Å². The minimum absolute atomic E-state index is 0.0169. The zero-order valence-corrected chi connectivity index (χ0v) is 17.4. The number of anilines is 2. The van der Waals surface area contributed by atoms with Gasteiger partial charge in [0.05, 0.1) is 24.5 Å². The van der Waals surface area contributed by atoms with E-state index in [1.165, 1.54) is 4.90 Å². The van der Waals surface area contributed by atoms with Crippen molar-refractivity contribution in [3.8, 4) is 0 Å². The maximum atomic E-state index is 12.3. The number of nitrogens with zero attached hydrogens (tertiary/aromatic N) is 2. The topological polar surface area (TPSA) is 211 Å². The van der Waals surface area contributed by atoms with Gasteiger partial charge in [-0.25, -0.2) is 14.7 Å². The number of aliphatic hydroxyl groups excluding tert-OH is 3. The molecule has 0 aliphatic carbocycles. The molecule has 3 atom stereocenters. The predicted octanol–water partition coefficient (Wildman–Crippen LogP) is -1.11. The summed E-state index contributed by atoms with van der Waals surface area (Å²) in [4.78, 5) is 47.4. The molecular weight excluding hydrogens is 435 g/mol. The maximum Gasteiger partial charge on any atom is 0.469 e. The first kappa shape index (κ1) is 23.2. The summed E-state index contributed by atoms with van der Waals surface area (Å²) >= 11 is 0. The largest absolute Gasteiger partial charge is 0.469 e. The summed E-state index contributed by atoms with van der Waals surface area (Å²) in [7, 11) is -4.89. The van der Waals surface area contributed by atoms with Crippen LogP contribution in [0.25, 0.3) is 0 Å². The first-order valence-electron chi connectivity index (χ1n) is 9.09. The van der Waals surface area contributed by atoms with Crippen molar-refractivity contribution in [3.63, 3.8) is 0 Å². The Morgan fingerprint density at radius 3 is 2.39 bits per heavy atom. The van der Waals surface area contributed by atoms with E-state index < -0.39 is 50.5 Å². The highest BCUT2D eigenvalue weighted by Gasteiger charge is 2.33. The number of rotatable bonds is 7. The van der Waals surface area contributed by atoms with E-state index in [4.69, 9.17) is 9.79 Å². The zero-order valence-electron chi connectivity index (χ0n) is 16.5. The van der Waals surface area contributed by atoms with Gasteiger partial charge in [-0.3, -0.25) is 19.3 Å². The minimum Gasteiger partial charge on any atom is -0.388 e. The molecule has 1 aliphatic rings. The number of nitrogens with one attached hydrogen (secondary N) is 2. The van der Waals surface area contributed by atoms with Crippen molar-refractivity contribution in [1.82, 2.24) is 15.3 Å². The number of aryl methyl sites for hydroxylation is 2. The van der Waals surface area contributed by atoms with Gasteiger partial charge in [-0.05, 0) is 37.1 Å². The van der Waals surface area contributed by atoms with Crippen molar-refractivity contribution >= 4 is 30.7 Å². The van der Waals surface area contributed by atoms with Gasteiger partial charge in [0, 0.05) is 0 Å². The molecular formula is C17H22N4O9P. The number of benzene rings is 1. The Morgan fingerprint density at radius 1 is 1.10 bits per heavy atom. The van der Waals surface area contributed by atoms with E-state index in [1.807, 2.05) is 13.8 Å². The monoisotopic (exact) mass is 457 g/mol. The van der Waals surface area contributed by atoms with Gasteiger partial charge in [0.15, 0.2) is 5.69 Å². The summed E-state index contributed by atoms with van der Waals surface area (Å²) in [5, 5.41) is 34.9. The quantitative estimate of drug-likeness (QED) is 0.249. The molecule has 0 fully saturated rings. The number of fused-ring (bicyclic) bond motifs is 2. The molecule has 2 aromatic rings. The van der Waals surface area contributed by atoms with Crippen LogP contribution in [0.4, 0.5) is 22.9 Å². The van der Waals surface area contributed by atoms with Gasteiger partial charge >= 0.3 is 13.5 Å². The maximum absolute atomic E-state index is 12.3. The van der Waals surface area contributed by atoms with Gasteiger partial charge < -0.3 is 30.0 Å². The molecule has 0 saturated carbocycles. The summed E-state index contributed by atoms with van der Waals surface area (Å²) in [6, 6.07) is 3.44. The average Bonchev–Trinajstić information content (AvgIpc) is 2.67. The lowest BCUT2D eigenvalue weighted by Crippen LogP contribution is -2.46. The summed E-state index contributed by atoms with van der Waals surface area (Å²) in [5.74, 6) is -0.0169. The van der Waals surface area contributed by atoms with E-state index in [-0.39, 0.29) is 11.5 Å². The van der Waals surface area contributed by atoms with E-state index in [2.05, 4.69) is 19.8 Å². The third kappa shape index (κ3) is 5.05. The number of hydrogen-bond donors (Lipinski definition) is 7. The van der Waals surface area contributed by atoms with Crippen LogP contribution in [-0.2, 0) is 9.09 Å². The predicted molar refractivity (Wildman–Crippen MR) is 108 cm³/mol. The van der Waals surface area contributed by atoms with E-state index in [0.717, 1.165) is 11.1 Å². The van der Waals surface area contributed by atoms with Crippen molar-refractivity contribution in [2.24, 2.45) is 0 Å². The van der Waals surface area contributed by atoms with Gasteiger partial charge in [-0.1, -0.05) is 0 Å². The summed E-state index contributed by atoms with van der Waals surface area (Å²) in [6.07, 6.45) is -5.36. The Kier molecular flexibility index (Phi) is 6.39. The van der Waals surface area contributed by atoms with Crippen LogP contribution in [0.2, 0.25) is 0 Å². The van der Waals surface area contributed by atoms with Crippen molar-refractivity contribution in [1.29, 1.82) is 0 Å². The number of H-pyrrole nitrogens is 2. The van der Waals surface area contributed by atoms with Gasteiger partial charge in [0.25, 0.3) is 5.56 Å². The normalized spacial score (nSPS) is 16.2. The molecule has 0 amide bonds. The molecule has 0 bridgehead atoms. The minimum atomic E-state index is -4.89. The van der Waals surface area contributed by atoms with Crippen LogP contribution in [0.3, 0.4) is 0 Å². The highest BCUT2D eigenvalue weighted by Crippen LogP contribution is 2.42. The highest BCUT2D eigenvalue weighted by atomic mass is 31.2. The molecule has 0 spiro atoms. The van der Waals surface area contributed by atoms with Gasteiger partial charge in [0.1, 0.15) is 24.1 Å². The summed E-state index contributed by atoms with van der Waals surface area (Å²) in [5.41, 5.74) is 0.905. The first-order valence-corrected chi connectivity index (χ1v) is 10.6. The Morgan fingerprint density at radius 2 is 1.74 bits per heavy atom. The molecule has 14 heteroatoms. The van der Waals surface area contributed by atoms with Crippen molar-refractivity contribution in [2.75, 3.05) is 18.1 Å². The van der Waals surface area contributed by atoms with Crippen LogP contribution in [0.15, 0.2) is 21.7 Å². The van der Waals surface area contributed by atoms with Crippen LogP contribution in [0, 0.1) is 13.8 Å². The van der Waals surface area contributed by atoms with E-state index in [9.17, 15) is 29.5 Å². The molecule has 13 nitrogen and oxygen atoms in total. The number of phosphoric ester groups is 1. The number of aromatic amines is 2. The molecule has 0 saturated heterocycles. The molecule has 2 heterocycles. The third-order valence-electron chi connectivity index (χ3n) is 4.85. The Bertz CT molecular complexity index is 1140. The average molecular weight is 457 g/mol. The molecule has 7 N–H and O–H groups in total. The van der Waals surface area contributed by atoms with E-state index >= 15 is 0 Å². The molecule has 1 aromatic heterocycles. The zero-order chi connectivity index (χ0) is 23.1. The Balaban J connectivity index is 1.95. The number of phosphoric acid groups is 1. The second kappa shape index (κ2) is 8.55. The summed E-state index contributed by atoms with van der Waals surface area (Å²) < 4.78 is 14.9. The molecule has 169 valence electrons. The smallest absolute Gasteiger partial charge is 0.388 e. The lowest BCUT2D eigenvalue weighted by molar-refractivity contribution is -0.0717. The van der Waals surface area contributed by atoms with Crippen LogP contribution < -0.4 is 21.5 Å². The number of aromatic nitrogens is 2. The van der Waals surface area contributed by atoms with Crippen LogP contribution in [0.1, 0.15) is 11.1 Å². The van der Waals surface area contributed by atoms with E-state index in [1.54, 1.807) is 12.1 Å². The van der Waals surface area contributed by atoms with Gasteiger partial charge in [-0.2, -0.15) is 0 Å². The first-order chi connectivity index (χ1) is 14.4. The van der Waals surface area contributed by atoms with Crippen molar-refractivity contribution < 1.29 is 34.2 Å². The fraction of sp³-hybridized carbons (Fsp3) is 0.412. The Hall–Kier alpha value is -2.51. The van der Waals surface area contributed by atoms with Crippen molar-refractivity contribution in [3.05, 3.63) is 44.1 Å². The molecule has 3 rings (SSSR count). The third-order valence-corrected chi connectivity index (χ3v) is 5.34. The standard InChI is InChI=1S/C17H22N4O9P/c1-7-3-9-10(4-8(7)2)21(15-13(18-9)16(25)20-17(26)19-15)5-11(22)14(24)12(23)6-30-31(27,28)29/h3-4,11-12,14,22-24H,5-6H2,1-2H3,(H2,27,28,29)(H2,19,20,25,26)/t11-,12+,14-/m0/s1. The molecule has 0 unspecified atom stereocenters. The van der Waals surface area contributed by atoms with Crippen LogP contribution >= 0.6 is 7.82 Å². The fourth-order valence-corrected chi connectivity index (χ4v) is 3.46.